The van der Waals surface area contributed by atoms with Gasteiger partial charge >= 0.3 is 12.0 Å². The van der Waals surface area contributed by atoms with Gasteiger partial charge in [0.2, 0.25) is 0 Å². The van der Waals surface area contributed by atoms with E-state index in [1.165, 1.54) is 4.90 Å². The predicted octanol–water partition coefficient (Wildman–Crippen LogP) is -0.290. The van der Waals surface area contributed by atoms with E-state index in [0.717, 1.165) is 0 Å². The van der Waals surface area contributed by atoms with Crippen molar-refractivity contribution in [3.05, 3.63) is 0 Å². The molecule has 0 aromatic heterocycles. The fraction of sp³-hybridized carbons (Fsp3) is 0.778. The number of amides is 2. The number of carbonyl (C=O) groups excluding carboxylic acids is 1. The minimum atomic E-state index is -1.01. The molecule has 0 aliphatic rings. The summed E-state index contributed by atoms with van der Waals surface area (Å²) in [4.78, 5) is 23.5. The van der Waals surface area contributed by atoms with Gasteiger partial charge < -0.3 is 20.6 Å². The molecule has 0 spiro atoms. The maximum absolute atomic E-state index is 11.4. The normalized spacial score (nSPS) is 11.9. The molecule has 2 amide bonds. The Labute approximate surface area is 89.6 Å². The highest BCUT2D eigenvalue weighted by atomic mass is 16.4. The van der Waals surface area contributed by atoms with Crippen LogP contribution in [-0.2, 0) is 4.79 Å². The number of hydrogen-bond acceptors (Lipinski definition) is 3. The second kappa shape index (κ2) is 7.05. The van der Waals surface area contributed by atoms with Gasteiger partial charge in [0.05, 0.1) is 0 Å². The van der Waals surface area contributed by atoms with Gasteiger partial charge in [0, 0.05) is 20.1 Å². The largest absolute Gasteiger partial charge is 0.480 e. The number of carbonyl (C=O) groups is 2. The summed E-state index contributed by atoms with van der Waals surface area (Å²) in [6.07, 6.45) is 0.376. The smallest absolute Gasteiger partial charge is 0.326 e. The molecule has 0 aromatic rings. The standard InChI is InChI=1S/C9H19N3O3/c1-4-7(8(13)14)11-9(15)12(3)6-5-10-2/h7,10H,4-6H2,1-3H3,(H,11,15)(H,13,14)/t7-/m0/s1. The number of nitrogens with zero attached hydrogens (tertiary/aromatic N) is 1. The van der Waals surface area contributed by atoms with Gasteiger partial charge in [-0.2, -0.15) is 0 Å². The lowest BCUT2D eigenvalue weighted by atomic mass is 10.2. The molecule has 0 rings (SSSR count). The molecule has 3 N–H and O–H groups in total. The van der Waals surface area contributed by atoms with Crippen molar-refractivity contribution >= 4 is 12.0 Å². The lowest BCUT2D eigenvalue weighted by Gasteiger charge is -2.20. The summed E-state index contributed by atoms with van der Waals surface area (Å²) in [6.45, 7) is 2.93. The fourth-order valence-corrected chi connectivity index (χ4v) is 0.979. The second-order valence-electron chi connectivity index (χ2n) is 3.27. The molecule has 6 heteroatoms. The first-order chi connectivity index (χ1) is 7.02. The third-order valence-corrected chi connectivity index (χ3v) is 2.05. The lowest BCUT2D eigenvalue weighted by Crippen LogP contribution is -2.47. The first-order valence-corrected chi connectivity index (χ1v) is 4.92. The van der Waals surface area contributed by atoms with Crippen LogP contribution in [0.25, 0.3) is 0 Å². The number of aliphatic carboxylic acids is 1. The van der Waals surface area contributed by atoms with Crippen molar-refractivity contribution in [2.45, 2.75) is 19.4 Å². The molecule has 0 unspecified atom stereocenters. The zero-order valence-electron chi connectivity index (χ0n) is 9.41. The average molecular weight is 217 g/mol. The maximum Gasteiger partial charge on any atom is 0.326 e. The molecular weight excluding hydrogens is 198 g/mol. The summed E-state index contributed by atoms with van der Waals surface area (Å²) in [5, 5.41) is 14.1. The highest BCUT2D eigenvalue weighted by Crippen LogP contribution is 1.93. The molecular formula is C9H19N3O3. The number of carboxylic acids is 1. The monoisotopic (exact) mass is 217 g/mol. The van der Waals surface area contributed by atoms with Crippen LogP contribution in [0.5, 0.6) is 0 Å². The van der Waals surface area contributed by atoms with Gasteiger partial charge in [0.1, 0.15) is 6.04 Å². The number of rotatable bonds is 6. The van der Waals surface area contributed by atoms with Crippen LogP contribution in [0.4, 0.5) is 4.79 Å². The van der Waals surface area contributed by atoms with Crippen molar-refractivity contribution in [2.24, 2.45) is 0 Å². The molecule has 0 heterocycles. The molecule has 0 aliphatic carbocycles. The summed E-state index contributed by atoms with van der Waals surface area (Å²) in [7, 11) is 3.42. The number of hydrogen-bond donors (Lipinski definition) is 3. The van der Waals surface area contributed by atoms with E-state index in [-0.39, 0.29) is 6.03 Å². The molecule has 0 fully saturated rings. The van der Waals surface area contributed by atoms with Crippen LogP contribution >= 0.6 is 0 Å². The minimum absolute atomic E-state index is 0.362. The zero-order chi connectivity index (χ0) is 11.8. The number of urea groups is 1. The Kier molecular flexibility index (Phi) is 6.44. The molecule has 0 saturated carbocycles. The lowest BCUT2D eigenvalue weighted by molar-refractivity contribution is -0.139. The molecule has 15 heavy (non-hydrogen) atoms. The SMILES string of the molecule is CC[C@H](NC(=O)N(C)CCNC)C(=O)O. The molecule has 0 aliphatic heterocycles. The summed E-state index contributed by atoms with van der Waals surface area (Å²) < 4.78 is 0. The maximum atomic E-state index is 11.4. The van der Waals surface area contributed by atoms with E-state index in [4.69, 9.17) is 5.11 Å². The van der Waals surface area contributed by atoms with Gasteiger partial charge in [-0.3, -0.25) is 0 Å². The molecule has 0 aromatic carbocycles. The molecule has 88 valence electrons. The van der Waals surface area contributed by atoms with E-state index in [1.807, 2.05) is 0 Å². The van der Waals surface area contributed by atoms with Crippen LogP contribution in [-0.4, -0.2) is 55.2 Å². The molecule has 0 saturated heterocycles. The Bertz CT molecular complexity index is 221. The van der Waals surface area contributed by atoms with Gasteiger partial charge in [0.25, 0.3) is 0 Å². The molecule has 6 nitrogen and oxygen atoms in total. The third-order valence-electron chi connectivity index (χ3n) is 2.05. The third kappa shape index (κ3) is 5.21. The summed E-state index contributed by atoms with van der Waals surface area (Å²) in [5.74, 6) is -1.01. The molecule has 1 atom stereocenters. The van der Waals surface area contributed by atoms with Gasteiger partial charge in [0.15, 0.2) is 0 Å². The van der Waals surface area contributed by atoms with Crippen molar-refractivity contribution in [3.63, 3.8) is 0 Å². The predicted molar refractivity (Wildman–Crippen MR) is 56.8 cm³/mol. The second-order valence-corrected chi connectivity index (χ2v) is 3.27. The van der Waals surface area contributed by atoms with Crippen molar-refractivity contribution in [2.75, 3.05) is 27.2 Å². The van der Waals surface area contributed by atoms with Crippen LogP contribution in [0.15, 0.2) is 0 Å². The van der Waals surface area contributed by atoms with E-state index in [2.05, 4.69) is 10.6 Å². The first-order valence-electron chi connectivity index (χ1n) is 4.92. The highest BCUT2D eigenvalue weighted by molar-refractivity contribution is 5.82. The van der Waals surface area contributed by atoms with E-state index in [9.17, 15) is 9.59 Å². The summed E-state index contributed by atoms with van der Waals surface area (Å²) >= 11 is 0. The summed E-state index contributed by atoms with van der Waals surface area (Å²) in [6, 6.07) is -1.17. The van der Waals surface area contributed by atoms with Crippen LogP contribution in [0.1, 0.15) is 13.3 Å². The van der Waals surface area contributed by atoms with Crippen LogP contribution in [0.3, 0.4) is 0 Å². The van der Waals surface area contributed by atoms with Crippen molar-refractivity contribution < 1.29 is 14.7 Å². The van der Waals surface area contributed by atoms with Crippen LogP contribution < -0.4 is 10.6 Å². The zero-order valence-corrected chi connectivity index (χ0v) is 9.41. The Morgan fingerprint density at radius 2 is 2.07 bits per heavy atom. The van der Waals surface area contributed by atoms with Crippen LogP contribution in [0, 0.1) is 0 Å². The van der Waals surface area contributed by atoms with E-state index in [0.29, 0.717) is 19.5 Å². The molecule has 0 radical (unpaired) electrons. The number of carboxylic acid groups (broad SMARTS) is 1. The van der Waals surface area contributed by atoms with Gasteiger partial charge in [-0.15, -0.1) is 0 Å². The van der Waals surface area contributed by atoms with Gasteiger partial charge in [-0.05, 0) is 13.5 Å². The number of nitrogens with one attached hydrogen (secondary N) is 2. The van der Waals surface area contributed by atoms with E-state index in [1.54, 1.807) is 21.0 Å². The Balaban J connectivity index is 4.04. The fourth-order valence-electron chi connectivity index (χ4n) is 0.979. The van der Waals surface area contributed by atoms with Crippen molar-refractivity contribution in [3.8, 4) is 0 Å². The van der Waals surface area contributed by atoms with Gasteiger partial charge in [-0.25, -0.2) is 9.59 Å². The number of likely N-dealkylation sites (N-methyl/N-ethyl adjacent to an activating group) is 2. The van der Waals surface area contributed by atoms with Crippen molar-refractivity contribution in [1.82, 2.24) is 15.5 Å². The van der Waals surface area contributed by atoms with Crippen molar-refractivity contribution in [1.29, 1.82) is 0 Å². The van der Waals surface area contributed by atoms with E-state index < -0.39 is 12.0 Å². The summed E-state index contributed by atoms with van der Waals surface area (Å²) in [5.41, 5.74) is 0. The average Bonchev–Trinajstić information content (AvgIpc) is 2.21. The molecule has 0 bridgehead atoms. The topological polar surface area (TPSA) is 81.7 Å². The van der Waals surface area contributed by atoms with Crippen LogP contribution in [0.2, 0.25) is 0 Å². The quantitative estimate of drug-likeness (QED) is 0.571. The van der Waals surface area contributed by atoms with Gasteiger partial charge in [-0.1, -0.05) is 6.92 Å². The Hall–Kier alpha value is -1.30. The Morgan fingerprint density at radius 3 is 2.47 bits per heavy atom. The Morgan fingerprint density at radius 1 is 1.47 bits per heavy atom. The minimum Gasteiger partial charge on any atom is -0.480 e. The first kappa shape index (κ1) is 13.7. The highest BCUT2D eigenvalue weighted by Gasteiger charge is 2.19. The van der Waals surface area contributed by atoms with E-state index >= 15 is 0 Å².